The summed E-state index contributed by atoms with van der Waals surface area (Å²) in [5, 5.41) is 7.57. The Bertz CT molecular complexity index is 624. The maximum Gasteiger partial charge on any atom is 0.573 e. The van der Waals surface area contributed by atoms with Gasteiger partial charge in [-0.25, -0.2) is 13.4 Å². The summed E-state index contributed by atoms with van der Waals surface area (Å²) < 4.78 is 61.6. The Labute approximate surface area is 108 Å². The van der Waals surface area contributed by atoms with Crippen LogP contribution >= 0.6 is 22.3 Å². The Hall–Kier alpha value is -1.24. The second-order valence-electron chi connectivity index (χ2n) is 2.71. The standard InChI is InChI=1S/C7HCl2F3N2O3S/c8-5-4(18(9,15)16)2-14-3(1-13)6(5)17-7(10,11)12/h2H. The van der Waals surface area contributed by atoms with Crippen LogP contribution in [0.1, 0.15) is 5.69 Å². The first kappa shape index (κ1) is 14.8. The maximum atomic E-state index is 12.1. The molecule has 0 amide bonds. The van der Waals surface area contributed by atoms with Crippen molar-refractivity contribution in [2.24, 2.45) is 0 Å². The van der Waals surface area contributed by atoms with Gasteiger partial charge in [0.1, 0.15) is 16.0 Å². The number of nitrogens with zero attached hydrogens (tertiary/aromatic N) is 2. The summed E-state index contributed by atoms with van der Waals surface area (Å²) >= 11 is 5.40. The number of alkyl halides is 3. The molecule has 11 heteroatoms. The van der Waals surface area contributed by atoms with E-state index in [1.54, 1.807) is 0 Å². The molecule has 0 aromatic carbocycles. The molecule has 1 rings (SSSR count). The Morgan fingerprint density at radius 3 is 2.39 bits per heavy atom. The first-order valence-electron chi connectivity index (χ1n) is 3.85. The van der Waals surface area contributed by atoms with Crippen molar-refractivity contribution in [2.75, 3.05) is 0 Å². The molecule has 0 saturated heterocycles. The van der Waals surface area contributed by atoms with Crippen LogP contribution in [0.3, 0.4) is 0 Å². The van der Waals surface area contributed by atoms with Crippen LogP contribution in [-0.2, 0) is 9.05 Å². The zero-order valence-electron chi connectivity index (χ0n) is 7.99. The van der Waals surface area contributed by atoms with Gasteiger partial charge in [0.05, 0.1) is 6.20 Å². The van der Waals surface area contributed by atoms with Crippen LogP contribution in [-0.4, -0.2) is 19.8 Å². The minimum atomic E-state index is -5.16. The fraction of sp³-hybridized carbons (Fsp3) is 0.143. The highest BCUT2D eigenvalue weighted by molar-refractivity contribution is 8.13. The van der Waals surface area contributed by atoms with Crippen molar-refractivity contribution >= 4 is 31.3 Å². The van der Waals surface area contributed by atoms with Crippen molar-refractivity contribution in [3.8, 4) is 11.8 Å². The van der Waals surface area contributed by atoms with Crippen LogP contribution in [0, 0.1) is 11.3 Å². The summed E-state index contributed by atoms with van der Waals surface area (Å²) in [6.07, 6.45) is -4.60. The number of ether oxygens (including phenoxy) is 1. The first-order valence-corrected chi connectivity index (χ1v) is 6.54. The molecule has 1 aromatic heterocycles. The lowest BCUT2D eigenvalue weighted by atomic mass is 10.3. The number of pyridine rings is 1. The number of nitriles is 1. The van der Waals surface area contributed by atoms with Crippen molar-refractivity contribution < 1.29 is 26.3 Å². The van der Waals surface area contributed by atoms with Gasteiger partial charge in [-0.1, -0.05) is 11.6 Å². The van der Waals surface area contributed by atoms with E-state index in [0.717, 1.165) is 0 Å². The Kier molecular flexibility index (Phi) is 3.95. The highest BCUT2D eigenvalue weighted by Gasteiger charge is 2.35. The van der Waals surface area contributed by atoms with Gasteiger partial charge < -0.3 is 4.74 Å². The van der Waals surface area contributed by atoms with Crippen LogP contribution in [0.2, 0.25) is 5.02 Å². The number of aromatic nitrogens is 1. The molecule has 1 aromatic rings. The number of rotatable bonds is 2. The largest absolute Gasteiger partial charge is 0.573 e. The number of halogens is 5. The predicted octanol–water partition coefficient (Wildman–Crippen LogP) is 2.43. The third kappa shape index (κ3) is 3.38. The Morgan fingerprint density at radius 2 is 2.00 bits per heavy atom. The van der Waals surface area contributed by atoms with E-state index >= 15 is 0 Å². The average molecular weight is 321 g/mol. The zero-order valence-corrected chi connectivity index (χ0v) is 10.3. The van der Waals surface area contributed by atoms with E-state index in [1.807, 2.05) is 0 Å². The molecule has 0 aliphatic rings. The second-order valence-corrected chi connectivity index (χ2v) is 5.62. The highest BCUT2D eigenvalue weighted by atomic mass is 35.7. The highest BCUT2D eigenvalue weighted by Crippen LogP contribution is 2.37. The van der Waals surface area contributed by atoms with Gasteiger partial charge in [0, 0.05) is 10.7 Å². The second kappa shape index (κ2) is 4.79. The van der Waals surface area contributed by atoms with E-state index in [1.165, 1.54) is 6.07 Å². The summed E-state index contributed by atoms with van der Waals surface area (Å²) in [6.45, 7) is 0. The molecule has 0 fully saturated rings. The molecule has 1 heterocycles. The van der Waals surface area contributed by atoms with Gasteiger partial charge in [-0.3, -0.25) is 0 Å². The smallest absolute Gasteiger partial charge is 0.401 e. The van der Waals surface area contributed by atoms with Crippen molar-refractivity contribution in [1.82, 2.24) is 4.98 Å². The van der Waals surface area contributed by atoms with Gasteiger partial charge in [0.15, 0.2) is 11.4 Å². The number of hydrogen-bond donors (Lipinski definition) is 0. The minimum Gasteiger partial charge on any atom is -0.401 e. The van der Waals surface area contributed by atoms with E-state index in [9.17, 15) is 21.6 Å². The third-order valence-electron chi connectivity index (χ3n) is 1.53. The monoisotopic (exact) mass is 320 g/mol. The van der Waals surface area contributed by atoms with Gasteiger partial charge >= 0.3 is 6.36 Å². The van der Waals surface area contributed by atoms with E-state index in [0.29, 0.717) is 6.20 Å². The molecule has 0 spiro atoms. The first-order chi connectivity index (χ1) is 8.06. The van der Waals surface area contributed by atoms with E-state index in [4.69, 9.17) is 27.5 Å². The molecule has 0 unspecified atom stereocenters. The molecule has 98 valence electrons. The molecule has 18 heavy (non-hydrogen) atoms. The van der Waals surface area contributed by atoms with Gasteiger partial charge in [0.2, 0.25) is 0 Å². The lowest BCUT2D eigenvalue weighted by Crippen LogP contribution is -2.19. The lowest BCUT2D eigenvalue weighted by Gasteiger charge is -2.12. The maximum absolute atomic E-state index is 12.1. The molecule has 0 N–H and O–H groups in total. The van der Waals surface area contributed by atoms with E-state index < -0.39 is 36.8 Å². The lowest BCUT2D eigenvalue weighted by molar-refractivity contribution is -0.274. The van der Waals surface area contributed by atoms with Gasteiger partial charge in [0.25, 0.3) is 9.05 Å². The van der Waals surface area contributed by atoms with E-state index in [2.05, 4.69) is 9.72 Å². The summed E-state index contributed by atoms with van der Waals surface area (Å²) in [6, 6.07) is 1.28. The van der Waals surface area contributed by atoms with Crippen molar-refractivity contribution in [2.45, 2.75) is 11.3 Å². The molecule has 0 radical (unpaired) electrons. The molecule has 0 atom stereocenters. The molecule has 0 bridgehead atoms. The molecular formula is C7HCl2F3N2O3S. The third-order valence-corrected chi connectivity index (χ3v) is 3.35. The summed E-state index contributed by atoms with van der Waals surface area (Å²) in [7, 11) is 0.515. The summed E-state index contributed by atoms with van der Waals surface area (Å²) in [5.41, 5.74) is -0.818. The molecule has 0 aliphatic carbocycles. The van der Waals surface area contributed by atoms with Crippen LogP contribution in [0.4, 0.5) is 13.2 Å². The SMILES string of the molecule is N#Cc1ncc(S(=O)(=O)Cl)c(Cl)c1OC(F)(F)F. The minimum absolute atomic E-state index is 0.562. The van der Waals surface area contributed by atoms with Gasteiger partial charge in [-0.05, 0) is 0 Å². The summed E-state index contributed by atoms with van der Waals surface area (Å²) in [5.74, 6) is -1.21. The van der Waals surface area contributed by atoms with E-state index in [-0.39, 0.29) is 0 Å². The summed E-state index contributed by atoms with van der Waals surface area (Å²) in [4.78, 5) is 2.29. The normalized spacial score (nSPS) is 12.0. The number of hydrogen-bond acceptors (Lipinski definition) is 5. The molecule has 5 nitrogen and oxygen atoms in total. The van der Waals surface area contributed by atoms with Crippen LogP contribution in [0.15, 0.2) is 11.1 Å². The zero-order chi connectivity index (χ0) is 14.1. The molecule has 0 aliphatic heterocycles. The fourth-order valence-corrected chi connectivity index (χ4v) is 2.35. The quantitative estimate of drug-likeness (QED) is 0.782. The van der Waals surface area contributed by atoms with Gasteiger partial charge in [-0.15, -0.1) is 13.2 Å². The van der Waals surface area contributed by atoms with Gasteiger partial charge in [-0.2, -0.15) is 5.26 Å². The van der Waals surface area contributed by atoms with Crippen molar-refractivity contribution in [3.05, 3.63) is 16.9 Å². The topological polar surface area (TPSA) is 80.0 Å². The molecule has 0 saturated carbocycles. The fourth-order valence-electron chi connectivity index (χ4n) is 0.913. The van der Waals surface area contributed by atoms with Crippen LogP contribution < -0.4 is 4.74 Å². The Morgan fingerprint density at radius 1 is 1.44 bits per heavy atom. The van der Waals surface area contributed by atoms with Crippen molar-refractivity contribution in [1.29, 1.82) is 5.26 Å². The van der Waals surface area contributed by atoms with Crippen molar-refractivity contribution in [3.63, 3.8) is 0 Å². The molecular weight excluding hydrogens is 320 g/mol. The van der Waals surface area contributed by atoms with Crippen LogP contribution in [0.5, 0.6) is 5.75 Å². The predicted molar refractivity (Wildman–Crippen MR) is 53.7 cm³/mol. The van der Waals surface area contributed by atoms with Crippen LogP contribution in [0.25, 0.3) is 0 Å². The Balaban J connectivity index is 3.53. The average Bonchev–Trinajstić information content (AvgIpc) is 2.17.